The highest BCUT2D eigenvalue weighted by molar-refractivity contribution is 9.10. The SMILES string of the molecule is Nc1ncnc2c1ncn2Cc1c(N2CC[C@](N)(C(=O)NC3CC3)C2)ccc(Br)c1C(F)(F)F. The quantitative estimate of drug-likeness (QED) is 0.455. The number of amides is 1. The van der Waals surface area contributed by atoms with Gasteiger partial charge in [0.1, 0.15) is 17.4 Å². The van der Waals surface area contributed by atoms with Crippen LogP contribution in [0.15, 0.2) is 29.3 Å². The molecule has 1 saturated heterocycles. The van der Waals surface area contributed by atoms with Crippen LogP contribution in [0.4, 0.5) is 24.7 Å². The number of aromatic nitrogens is 4. The van der Waals surface area contributed by atoms with Gasteiger partial charge in [-0.3, -0.25) is 4.79 Å². The van der Waals surface area contributed by atoms with Crippen LogP contribution in [-0.2, 0) is 17.5 Å². The normalized spacial score (nSPS) is 20.8. The topological polar surface area (TPSA) is 128 Å². The zero-order chi connectivity index (χ0) is 24.3. The maximum absolute atomic E-state index is 14.2. The summed E-state index contributed by atoms with van der Waals surface area (Å²) in [4.78, 5) is 26.6. The van der Waals surface area contributed by atoms with Crippen LogP contribution in [-0.4, -0.2) is 50.1 Å². The Morgan fingerprint density at radius 2 is 2.03 bits per heavy atom. The minimum absolute atomic E-state index is 0.0187. The minimum atomic E-state index is -4.63. The first kappa shape index (κ1) is 22.8. The molecule has 0 unspecified atom stereocenters. The molecule has 1 aliphatic heterocycles. The Kier molecular flexibility index (Phi) is 5.43. The van der Waals surface area contributed by atoms with Crippen molar-refractivity contribution in [2.75, 3.05) is 23.7 Å². The number of hydrogen-bond acceptors (Lipinski definition) is 7. The van der Waals surface area contributed by atoms with Crippen LogP contribution in [0.3, 0.4) is 0 Å². The number of carbonyl (C=O) groups is 1. The second kappa shape index (κ2) is 8.08. The minimum Gasteiger partial charge on any atom is -0.382 e. The Bertz CT molecular complexity index is 1270. The van der Waals surface area contributed by atoms with Gasteiger partial charge in [0.25, 0.3) is 0 Å². The predicted molar refractivity (Wildman–Crippen MR) is 123 cm³/mol. The largest absolute Gasteiger partial charge is 0.417 e. The van der Waals surface area contributed by atoms with E-state index in [0.717, 1.165) is 12.8 Å². The lowest BCUT2D eigenvalue weighted by molar-refractivity contribution is -0.138. The highest BCUT2D eigenvalue weighted by Gasteiger charge is 2.44. The van der Waals surface area contributed by atoms with Crippen molar-refractivity contribution < 1.29 is 18.0 Å². The van der Waals surface area contributed by atoms with E-state index in [1.165, 1.54) is 23.3 Å². The highest BCUT2D eigenvalue weighted by atomic mass is 79.9. The zero-order valence-electron chi connectivity index (χ0n) is 17.9. The van der Waals surface area contributed by atoms with Gasteiger partial charge in [-0.1, -0.05) is 15.9 Å². The second-order valence-corrected chi connectivity index (χ2v) is 9.65. The van der Waals surface area contributed by atoms with Crippen LogP contribution < -0.4 is 21.7 Å². The fourth-order valence-corrected chi connectivity index (χ4v) is 4.93. The molecule has 13 heteroatoms. The summed E-state index contributed by atoms with van der Waals surface area (Å²) in [6.45, 7) is 0.288. The lowest BCUT2D eigenvalue weighted by Crippen LogP contribution is -2.56. The lowest BCUT2D eigenvalue weighted by atomic mass is 9.99. The monoisotopic (exact) mass is 538 g/mol. The average Bonchev–Trinajstić information content (AvgIpc) is 3.34. The molecule has 2 fully saturated rings. The van der Waals surface area contributed by atoms with Crippen molar-refractivity contribution in [1.29, 1.82) is 0 Å². The first-order valence-electron chi connectivity index (χ1n) is 10.7. The standard InChI is InChI=1S/C21H22BrF3N8O/c22-13-3-4-14(32-6-5-20(27,8-32)19(34)31-11-1-2-11)12(15(13)21(23,24)25)7-33-10-30-16-17(26)28-9-29-18(16)33/h3-4,9-11H,1-2,5-8,27H2,(H,31,34)(H2,26,28,29)/t20-/m1/s1. The molecule has 0 bridgehead atoms. The number of nitrogens with zero attached hydrogens (tertiary/aromatic N) is 5. The zero-order valence-corrected chi connectivity index (χ0v) is 19.5. The van der Waals surface area contributed by atoms with Crippen molar-refractivity contribution >= 4 is 44.5 Å². The van der Waals surface area contributed by atoms with Crippen LogP contribution in [0.2, 0.25) is 0 Å². The van der Waals surface area contributed by atoms with E-state index in [2.05, 4.69) is 36.2 Å². The molecule has 9 nitrogen and oxygen atoms in total. The molecule has 1 aromatic carbocycles. The van der Waals surface area contributed by atoms with E-state index in [-0.39, 0.29) is 40.9 Å². The molecule has 1 saturated carbocycles. The first-order valence-corrected chi connectivity index (χ1v) is 11.5. The van der Waals surface area contributed by atoms with Crippen molar-refractivity contribution in [2.24, 2.45) is 5.73 Å². The third-order valence-electron chi connectivity index (χ3n) is 6.29. The lowest BCUT2D eigenvalue weighted by Gasteiger charge is -2.28. The van der Waals surface area contributed by atoms with Crippen LogP contribution in [0.1, 0.15) is 30.4 Å². The molecule has 3 aromatic rings. The summed E-state index contributed by atoms with van der Waals surface area (Å²) in [6, 6.07) is 3.13. The van der Waals surface area contributed by atoms with Crippen LogP contribution >= 0.6 is 15.9 Å². The second-order valence-electron chi connectivity index (χ2n) is 8.80. The van der Waals surface area contributed by atoms with Gasteiger partial charge in [-0.2, -0.15) is 13.2 Å². The molecule has 0 spiro atoms. The third kappa shape index (κ3) is 4.06. The van der Waals surface area contributed by atoms with Crippen molar-refractivity contribution in [3.05, 3.63) is 40.4 Å². The van der Waals surface area contributed by atoms with Crippen molar-refractivity contribution in [2.45, 2.75) is 43.6 Å². The Hall–Kier alpha value is -2.93. The van der Waals surface area contributed by atoms with Crippen molar-refractivity contribution in [3.8, 4) is 0 Å². The van der Waals surface area contributed by atoms with Gasteiger partial charge in [-0.05, 0) is 31.4 Å². The molecule has 0 radical (unpaired) electrons. The van der Waals surface area contributed by atoms with Crippen LogP contribution in [0.5, 0.6) is 0 Å². The number of anilines is 2. The molecule has 34 heavy (non-hydrogen) atoms. The number of fused-ring (bicyclic) bond motifs is 1. The van der Waals surface area contributed by atoms with Crippen LogP contribution in [0, 0.1) is 0 Å². The number of carbonyl (C=O) groups excluding carboxylic acids is 1. The number of hydrogen-bond donors (Lipinski definition) is 3. The predicted octanol–water partition coefficient (Wildman–Crippen LogP) is 2.42. The number of alkyl halides is 3. The first-order chi connectivity index (χ1) is 16.1. The molecule has 5 rings (SSSR count). The summed E-state index contributed by atoms with van der Waals surface area (Å²) < 4.78 is 44.0. The van der Waals surface area contributed by atoms with E-state index < -0.39 is 17.3 Å². The van der Waals surface area contributed by atoms with Gasteiger partial charge >= 0.3 is 6.18 Å². The maximum Gasteiger partial charge on any atom is 0.417 e. The average molecular weight is 539 g/mol. The van der Waals surface area contributed by atoms with E-state index in [0.29, 0.717) is 29.8 Å². The molecule has 1 amide bonds. The Labute approximate surface area is 200 Å². The summed E-state index contributed by atoms with van der Waals surface area (Å²) in [5.74, 6) is -0.122. The summed E-state index contributed by atoms with van der Waals surface area (Å²) >= 11 is 3.07. The molecule has 180 valence electrons. The van der Waals surface area contributed by atoms with E-state index in [9.17, 15) is 18.0 Å². The summed E-state index contributed by atoms with van der Waals surface area (Å²) in [7, 11) is 0. The number of rotatable bonds is 5. The molecule has 5 N–H and O–H groups in total. The van der Waals surface area contributed by atoms with E-state index >= 15 is 0 Å². The Morgan fingerprint density at radius 1 is 1.26 bits per heavy atom. The third-order valence-corrected chi connectivity index (χ3v) is 6.95. The summed E-state index contributed by atoms with van der Waals surface area (Å²) in [5, 5.41) is 2.91. The molecule has 2 aliphatic rings. The molecule has 1 atom stereocenters. The molecule has 1 aliphatic carbocycles. The van der Waals surface area contributed by atoms with Gasteiger partial charge in [-0.25, -0.2) is 15.0 Å². The van der Waals surface area contributed by atoms with Gasteiger partial charge in [0, 0.05) is 34.9 Å². The number of nitrogens with two attached hydrogens (primary N) is 2. The molecular formula is C21H22BrF3N8O. The summed E-state index contributed by atoms with van der Waals surface area (Å²) in [6.07, 6.45) is 0.178. The Morgan fingerprint density at radius 3 is 2.74 bits per heavy atom. The number of imidazole rings is 1. The smallest absolute Gasteiger partial charge is 0.382 e. The van der Waals surface area contributed by atoms with Crippen molar-refractivity contribution in [1.82, 2.24) is 24.8 Å². The van der Waals surface area contributed by atoms with Gasteiger partial charge in [0.15, 0.2) is 11.5 Å². The fraction of sp³-hybridized carbons (Fsp3) is 0.429. The molecule has 3 heterocycles. The van der Waals surface area contributed by atoms with Crippen LogP contribution in [0.25, 0.3) is 11.2 Å². The van der Waals surface area contributed by atoms with E-state index in [1.54, 1.807) is 11.0 Å². The van der Waals surface area contributed by atoms with Gasteiger partial charge < -0.3 is 26.3 Å². The fourth-order valence-electron chi connectivity index (χ4n) is 4.34. The molecule has 2 aromatic heterocycles. The Balaban J connectivity index is 1.55. The molecular weight excluding hydrogens is 517 g/mol. The van der Waals surface area contributed by atoms with Gasteiger partial charge in [-0.15, -0.1) is 0 Å². The number of benzene rings is 1. The van der Waals surface area contributed by atoms with E-state index in [4.69, 9.17) is 11.5 Å². The summed E-state index contributed by atoms with van der Waals surface area (Å²) in [5.41, 5.74) is 11.3. The number of nitrogen functional groups attached to an aromatic ring is 1. The van der Waals surface area contributed by atoms with Crippen molar-refractivity contribution in [3.63, 3.8) is 0 Å². The highest BCUT2D eigenvalue weighted by Crippen LogP contribution is 2.43. The number of nitrogens with one attached hydrogen (secondary N) is 1. The number of halogens is 4. The van der Waals surface area contributed by atoms with E-state index in [1.807, 2.05) is 0 Å². The van der Waals surface area contributed by atoms with Gasteiger partial charge in [0.05, 0.1) is 18.4 Å². The van der Waals surface area contributed by atoms with Gasteiger partial charge in [0.2, 0.25) is 5.91 Å². The maximum atomic E-state index is 14.2.